The number of fused-ring (bicyclic) bond motifs is 1. The zero-order valence-corrected chi connectivity index (χ0v) is 12.3. The van der Waals surface area contributed by atoms with Crippen LogP contribution in [0.25, 0.3) is 0 Å². The number of nitro benzene ring substituents is 1. The van der Waals surface area contributed by atoms with Crippen LogP contribution >= 0.6 is 0 Å². The third-order valence-corrected chi connectivity index (χ3v) is 4.08. The van der Waals surface area contributed by atoms with Gasteiger partial charge in [-0.15, -0.1) is 0 Å². The van der Waals surface area contributed by atoms with Gasteiger partial charge in [-0.1, -0.05) is 6.92 Å². The molecule has 0 aliphatic carbocycles. The second-order valence-electron chi connectivity index (χ2n) is 5.32. The monoisotopic (exact) mass is 299 g/mol. The van der Waals surface area contributed by atoms with E-state index in [1.165, 1.54) is 12.1 Å². The van der Waals surface area contributed by atoms with E-state index in [9.17, 15) is 14.9 Å². The summed E-state index contributed by atoms with van der Waals surface area (Å²) >= 11 is 0. The number of amides is 1. The van der Waals surface area contributed by atoms with Gasteiger partial charge in [0.25, 0.3) is 5.69 Å². The van der Waals surface area contributed by atoms with Crippen molar-refractivity contribution in [3.05, 3.63) is 64.0 Å². The van der Waals surface area contributed by atoms with E-state index in [-0.39, 0.29) is 17.6 Å². The van der Waals surface area contributed by atoms with Crippen LogP contribution in [0.1, 0.15) is 30.6 Å². The highest BCUT2D eigenvalue weighted by atomic mass is 16.6. The van der Waals surface area contributed by atoms with Crippen LogP contribution in [0, 0.1) is 10.1 Å². The van der Waals surface area contributed by atoms with Crippen LogP contribution in [0.2, 0.25) is 0 Å². The van der Waals surface area contributed by atoms with Gasteiger partial charge in [-0.25, -0.2) is 0 Å². The summed E-state index contributed by atoms with van der Waals surface area (Å²) in [6, 6.07) is 10.2. The van der Waals surface area contributed by atoms with Crippen molar-refractivity contribution >= 4 is 11.6 Å². The predicted octanol–water partition coefficient (Wildman–Crippen LogP) is 2.74. The fourth-order valence-corrected chi connectivity index (χ4v) is 2.98. The first-order valence-corrected chi connectivity index (χ1v) is 7.30. The van der Waals surface area contributed by atoms with Crippen LogP contribution in [0.3, 0.4) is 0 Å². The average Bonchev–Trinajstić information content (AvgIpc) is 3.01. The number of non-ortho nitro benzene ring substituents is 1. The summed E-state index contributed by atoms with van der Waals surface area (Å²) < 4.78 is 2.13. The average molecular weight is 299 g/mol. The first-order chi connectivity index (χ1) is 10.6. The molecule has 2 heterocycles. The topological polar surface area (TPSA) is 68.4 Å². The molecule has 1 atom stereocenters. The van der Waals surface area contributed by atoms with Crippen molar-refractivity contribution in [3.8, 4) is 0 Å². The van der Waals surface area contributed by atoms with Gasteiger partial charge in [0.05, 0.1) is 11.0 Å². The van der Waals surface area contributed by atoms with Crippen molar-refractivity contribution in [2.75, 3.05) is 6.54 Å². The van der Waals surface area contributed by atoms with Gasteiger partial charge >= 0.3 is 0 Å². The first kappa shape index (κ1) is 14.3. The number of aromatic nitrogens is 1. The molecule has 2 aromatic rings. The largest absolute Gasteiger partial charge is 0.348 e. The van der Waals surface area contributed by atoms with Gasteiger partial charge in [-0.05, 0) is 29.8 Å². The second kappa shape index (κ2) is 5.63. The van der Waals surface area contributed by atoms with Crippen LogP contribution < -0.4 is 0 Å². The molecule has 1 aromatic heterocycles. The van der Waals surface area contributed by atoms with E-state index < -0.39 is 4.92 Å². The normalized spacial score (nSPS) is 17.1. The van der Waals surface area contributed by atoms with Crippen molar-refractivity contribution in [1.29, 1.82) is 0 Å². The van der Waals surface area contributed by atoms with E-state index in [0.29, 0.717) is 13.0 Å². The summed E-state index contributed by atoms with van der Waals surface area (Å²) in [6.07, 6.45) is 2.45. The van der Waals surface area contributed by atoms with Gasteiger partial charge < -0.3 is 9.47 Å². The third kappa shape index (κ3) is 2.36. The third-order valence-electron chi connectivity index (χ3n) is 4.08. The van der Waals surface area contributed by atoms with Crippen LogP contribution in [-0.4, -0.2) is 26.8 Å². The number of benzene rings is 1. The number of hydrogen-bond donors (Lipinski definition) is 0. The summed E-state index contributed by atoms with van der Waals surface area (Å²) in [6.45, 7) is 3.27. The van der Waals surface area contributed by atoms with E-state index in [4.69, 9.17) is 0 Å². The first-order valence-electron chi connectivity index (χ1n) is 7.30. The van der Waals surface area contributed by atoms with Gasteiger partial charge in [0.15, 0.2) is 0 Å². The SMILES string of the molecule is CCC(=O)N1CCn2cccc2[C@@H]1c1ccc([N+](=O)[O-])cc1. The highest BCUT2D eigenvalue weighted by molar-refractivity contribution is 5.77. The molecular formula is C16H17N3O3. The minimum atomic E-state index is -0.414. The van der Waals surface area contributed by atoms with E-state index in [1.807, 2.05) is 30.2 Å². The standard InChI is InChI=1S/C16H17N3O3/c1-2-15(20)18-11-10-17-9-3-4-14(17)16(18)12-5-7-13(8-6-12)19(21)22/h3-9,16H,2,10-11H2,1H3/t16-/m0/s1. The zero-order valence-electron chi connectivity index (χ0n) is 12.3. The van der Waals surface area contributed by atoms with Crippen LogP contribution in [0.4, 0.5) is 5.69 Å². The molecule has 1 aliphatic rings. The molecule has 1 aromatic carbocycles. The number of carbonyl (C=O) groups excluding carboxylic acids is 1. The molecule has 0 fully saturated rings. The Balaban J connectivity index is 2.03. The summed E-state index contributed by atoms with van der Waals surface area (Å²) in [5.41, 5.74) is 2.00. The van der Waals surface area contributed by atoms with Crippen molar-refractivity contribution in [1.82, 2.24) is 9.47 Å². The lowest BCUT2D eigenvalue weighted by atomic mass is 9.99. The Bertz CT molecular complexity index is 706. The predicted molar refractivity (Wildman–Crippen MR) is 81.4 cm³/mol. The van der Waals surface area contributed by atoms with Crippen LogP contribution in [0.5, 0.6) is 0 Å². The number of hydrogen-bond acceptors (Lipinski definition) is 3. The number of nitrogens with zero attached hydrogens (tertiary/aromatic N) is 3. The molecule has 1 amide bonds. The molecule has 0 saturated heterocycles. The lowest BCUT2D eigenvalue weighted by molar-refractivity contribution is -0.384. The maximum atomic E-state index is 12.3. The molecule has 3 rings (SSSR count). The number of nitro groups is 1. The molecule has 0 spiro atoms. The maximum Gasteiger partial charge on any atom is 0.269 e. The minimum Gasteiger partial charge on any atom is -0.348 e. The van der Waals surface area contributed by atoms with Crippen molar-refractivity contribution in [3.63, 3.8) is 0 Å². The lowest BCUT2D eigenvalue weighted by Crippen LogP contribution is -2.42. The molecule has 0 radical (unpaired) electrons. The van der Waals surface area contributed by atoms with Gasteiger partial charge in [0.1, 0.15) is 0 Å². The van der Waals surface area contributed by atoms with E-state index >= 15 is 0 Å². The Hall–Kier alpha value is -2.63. The highest BCUT2D eigenvalue weighted by Crippen LogP contribution is 2.33. The minimum absolute atomic E-state index is 0.0586. The molecule has 0 unspecified atom stereocenters. The molecule has 0 saturated carbocycles. The van der Waals surface area contributed by atoms with E-state index in [0.717, 1.165) is 17.8 Å². The molecule has 1 aliphatic heterocycles. The number of carbonyl (C=O) groups is 1. The van der Waals surface area contributed by atoms with Gasteiger partial charge in [-0.2, -0.15) is 0 Å². The van der Waals surface area contributed by atoms with Gasteiger partial charge in [-0.3, -0.25) is 14.9 Å². The van der Waals surface area contributed by atoms with Crippen LogP contribution in [0.15, 0.2) is 42.6 Å². The highest BCUT2D eigenvalue weighted by Gasteiger charge is 2.31. The Morgan fingerprint density at radius 3 is 2.64 bits per heavy atom. The Labute approximate surface area is 128 Å². The molecule has 114 valence electrons. The maximum absolute atomic E-state index is 12.3. The van der Waals surface area contributed by atoms with Gasteiger partial charge in [0.2, 0.25) is 5.91 Å². The van der Waals surface area contributed by atoms with E-state index in [2.05, 4.69) is 4.57 Å². The Morgan fingerprint density at radius 1 is 1.27 bits per heavy atom. The summed E-state index contributed by atoms with van der Waals surface area (Å²) in [5, 5.41) is 10.8. The summed E-state index contributed by atoms with van der Waals surface area (Å²) in [7, 11) is 0. The quantitative estimate of drug-likeness (QED) is 0.646. The van der Waals surface area contributed by atoms with Crippen molar-refractivity contribution < 1.29 is 9.72 Å². The summed E-state index contributed by atoms with van der Waals surface area (Å²) in [5.74, 6) is 0.0933. The zero-order chi connectivity index (χ0) is 15.7. The lowest BCUT2D eigenvalue weighted by Gasteiger charge is -2.37. The second-order valence-corrected chi connectivity index (χ2v) is 5.32. The summed E-state index contributed by atoms with van der Waals surface area (Å²) in [4.78, 5) is 24.5. The smallest absolute Gasteiger partial charge is 0.269 e. The molecule has 6 nitrogen and oxygen atoms in total. The molecule has 22 heavy (non-hydrogen) atoms. The van der Waals surface area contributed by atoms with Crippen LogP contribution in [-0.2, 0) is 11.3 Å². The molecular weight excluding hydrogens is 282 g/mol. The van der Waals surface area contributed by atoms with Gasteiger partial charge in [0, 0.05) is 43.5 Å². The molecule has 0 N–H and O–H groups in total. The number of rotatable bonds is 3. The van der Waals surface area contributed by atoms with E-state index in [1.54, 1.807) is 12.1 Å². The molecule has 6 heteroatoms. The Kier molecular flexibility index (Phi) is 3.66. The Morgan fingerprint density at radius 2 is 2.00 bits per heavy atom. The van der Waals surface area contributed by atoms with Crippen molar-refractivity contribution in [2.24, 2.45) is 0 Å². The van der Waals surface area contributed by atoms with Crippen molar-refractivity contribution in [2.45, 2.75) is 25.9 Å². The fourth-order valence-electron chi connectivity index (χ4n) is 2.98. The fraction of sp³-hybridized carbons (Fsp3) is 0.312. The molecule has 0 bridgehead atoms.